The summed E-state index contributed by atoms with van der Waals surface area (Å²) in [5.74, 6) is 2.37. The molecule has 1 aliphatic heterocycles. The fourth-order valence-corrected chi connectivity index (χ4v) is 2.51. The maximum absolute atomic E-state index is 5.66. The summed E-state index contributed by atoms with van der Waals surface area (Å²) in [6.45, 7) is 6.62. The Balaban J connectivity index is 1.98. The van der Waals surface area contributed by atoms with Crippen LogP contribution in [0.15, 0.2) is 4.42 Å². The molecule has 1 unspecified atom stereocenters. The van der Waals surface area contributed by atoms with Gasteiger partial charge in [-0.3, -0.25) is 0 Å². The van der Waals surface area contributed by atoms with E-state index in [4.69, 9.17) is 16.0 Å². The molecule has 0 saturated carbocycles. The molecule has 1 saturated heterocycles. The van der Waals surface area contributed by atoms with Crippen molar-refractivity contribution in [2.45, 2.75) is 39.0 Å². The lowest BCUT2D eigenvalue weighted by atomic mass is 9.89. The molecule has 0 spiro atoms. The third-order valence-electron chi connectivity index (χ3n) is 3.56. The molecule has 1 aromatic rings. The molecule has 1 atom stereocenters. The summed E-state index contributed by atoms with van der Waals surface area (Å²) in [5, 5.41) is 7.95. The van der Waals surface area contributed by atoms with Crippen LogP contribution >= 0.6 is 11.6 Å². The number of hydrogen-bond donors (Lipinski definition) is 0. The largest absolute Gasteiger partial charge is 0.407 e. The smallest absolute Gasteiger partial charge is 0.318 e. The highest BCUT2D eigenvalue weighted by molar-refractivity contribution is 6.16. The van der Waals surface area contributed by atoms with Gasteiger partial charge < -0.3 is 9.32 Å². The predicted molar refractivity (Wildman–Crippen MR) is 68.2 cm³/mol. The third kappa shape index (κ3) is 3.12. The first-order chi connectivity index (χ1) is 8.20. The first kappa shape index (κ1) is 12.7. The molecule has 0 radical (unpaired) electrons. The van der Waals surface area contributed by atoms with Gasteiger partial charge in [0.2, 0.25) is 5.89 Å². The van der Waals surface area contributed by atoms with E-state index in [0.717, 1.165) is 24.9 Å². The van der Waals surface area contributed by atoms with E-state index in [1.807, 2.05) is 0 Å². The van der Waals surface area contributed by atoms with Crippen LogP contribution in [-0.4, -0.2) is 23.3 Å². The molecule has 0 N–H and O–H groups in total. The van der Waals surface area contributed by atoms with Crippen molar-refractivity contribution < 1.29 is 4.42 Å². The monoisotopic (exact) mass is 257 g/mol. The van der Waals surface area contributed by atoms with Gasteiger partial charge in [-0.15, -0.1) is 16.7 Å². The van der Waals surface area contributed by atoms with Gasteiger partial charge in [0, 0.05) is 13.1 Å². The molecule has 0 amide bonds. The summed E-state index contributed by atoms with van der Waals surface area (Å²) in [6.07, 6.45) is 3.70. The van der Waals surface area contributed by atoms with E-state index in [0.29, 0.717) is 11.9 Å². The Hall–Kier alpha value is -0.770. The summed E-state index contributed by atoms with van der Waals surface area (Å²) in [4.78, 5) is 2.19. The first-order valence-electron chi connectivity index (χ1n) is 6.34. The van der Waals surface area contributed by atoms with Gasteiger partial charge in [-0.1, -0.05) is 18.9 Å². The highest BCUT2D eigenvalue weighted by Crippen LogP contribution is 2.26. The SMILES string of the molecule is CC(C)C1CCCN(c2nnc(CCl)o2)CC1. The molecular formula is C12H20ClN3O. The lowest BCUT2D eigenvalue weighted by molar-refractivity contribution is 0.350. The van der Waals surface area contributed by atoms with E-state index in [9.17, 15) is 0 Å². The van der Waals surface area contributed by atoms with Crippen molar-refractivity contribution in [3.63, 3.8) is 0 Å². The Morgan fingerprint density at radius 2 is 2.18 bits per heavy atom. The molecule has 96 valence electrons. The second-order valence-corrected chi connectivity index (χ2v) is 5.30. The minimum atomic E-state index is 0.287. The van der Waals surface area contributed by atoms with Crippen molar-refractivity contribution in [3.05, 3.63) is 5.89 Å². The van der Waals surface area contributed by atoms with Crippen LogP contribution in [0.4, 0.5) is 6.01 Å². The Morgan fingerprint density at radius 3 is 2.82 bits per heavy atom. The number of hydrogen-bond acceptors (Lipinski definition) is 4. The topological polar surface area (TPSA) is 42.2 Å². The molecule has 2 heterocycles. The average Bonchev–Trinajstić information content (AvgIpc) is 2.65. The Morgan fingerprint density at radius 1 is 1.35 bits per heavy atom. The van der Waals surface area contributed by atoms with Gasteiger partial charge in [0.15, 0.2) is 0 Å². The van der Waals surface area contributed by atoms with Crippen LogP contribution in [0.5, 0.6) is 0 Å². The molecule has 1 aromatic heterocycles. The van der Waals surface area contributed by atoms with E-state index >= 15 is 0 Å². The number of rotatable bonds is 3. The molecular weight excluding hydrogens is 238 g/mol. The standard InChI is InChI=1S/C12H20ClN3O/c1-9(2)10-4-3-6-16(7-5-10)12-15-14-11(8-13)17-12/h9-10H,3-8H2,1-2H3. The third-order valence-corrected chi connectivity index (χ3v) is 3.79. The minimum absolute atomic E-state index is 0.287. The van der Waals surface area contributed by atoms with Crippen LogP contribution in [0.25, 0.3) is 0 Å². The fraction of sp³-hybridized carbons (Fsp3) is 0.833. The average molecular weight is 258 g/mol. The van der Waals surface area contributed by atoms with Gasteiger partial charge >= 0.3 is 6.01 Å². The van der Waals surface area contributed by atoms with Crippen LogP contribution in [-0.2, 0) is 5.88 Å². The lowest BCUT2D eigenvalue weighted by Crippen LogP contribution is -2.24. The van der Waals surface area contributed by atoms with Gasteiger partial charge in [-0.25, -0.2) is 0 Å². The van der Waals surface area contributed by atoms with Crippen molar-refractivity contribution in [1.29, 1.82) is 0 Å². The zero-order chi connectivity index (χ0) is 12.3. The van der Waals surface area contributed by atoms with Crippen LogP contribution < -0.4 is 4.90 Å². The van der Waals surface area contributed by atoms with Gasteiger partial charge in [0.25, 0.3) is 0 Å². The van der Waals surface area contributed by atoms with Crippen LogP contribution in [0, 0.1) is 11.8 Å². The van der Waals surface area contributed by atoms with Crippen molar-refractivity contribution in [1.82, 2.24) is 10.2 Å². The highest BCUT2D eigenvalue weighted by Gasteiger charge is 2.22. The van der Waals surface area contributed by atoms with Crippen LogP contribution in [0.1, 0.15) is 39.0 Å². The number of nitrogens with zero attached hydrogens (tertiary/aromatic N) is 3. The predicted octanol–water partition coefficient (Wildman–Crippen LogP) is 3.07. The number of alkyl halides is 1. The number of halogens is 1. The molecule has 2 rings (SSSR count). The van der Waals surface area contributed by atoms with Crippen molar-refractivity contribution >= 4 is 17.6 Å². The molecule has 1 fully saturated rings. The molecule has 0 aliphatic carbocycles. The Bertz CT molecular complexity index is 353. The van der Waals surface area contributed by atoms with Gasteiger partial charge in [-0.2, -0.15) is 0 Å². The van der Waals surface area contributed by atoms with Gasteiger partial charge in [0.1, 0.15) is 5.88 Å². The Labute approximate surface area is 107 Å². The summed E-state index contributed by atoms with van der Waals surface area (Å²) >= 11 is 5.66. The van der Waals surface area contributed by atoms with Gasteiger partial charge in [-0.05, 0) is 31.1 Å². The Kier molecular flexibility index (Phi) is 4.26. The maximum Gasteiger partial charge on any atom is 0.318 e. The van der Waals surface area contributed by atoms with E-state index in [1.165, 1.54) is 19.3 Å². The number of aromatic nitrogens is 2. The molecule has 4 nitrogen and oxygen atoms in total. The summed E-state index contributed by atoms with van der Waals surface area (Å²) in [7, 11) is 0. The first-order valence-corrected chi connectivity index (χ1v) is 6.87. The van der Waals surface area contributed by atoms with Crippen LogP contribution in [0.3, 0.4) is 0 Å². The maximum atomic E-state index is 5.66. The van der Waals surface area contributed by atoms with Crippen LogP contribution in [0.2, 0.25) is 0 Å². The fourth-order valence-electron chi connectivity index (χ4n) is 2.41. The summed E-state index contributed by atoms with van der Waals surface area (Å²) in [5.41, 5.74) is 0. The molecule has 17 heavy (non-hydrogen) atoms. The van der Waals surface area contributed by atoms with Crippen molar-refractivity contribution in [2.75, 3.05) is 18.0 Å². The summed E-state index contributed by atoms with van der Waals surface area (Å²) in [6, 6.07) is 0.630. The van der Waals surface area contributed by atoms with Gasteiger partial charge in [0.05, 0.1) is 0 Å². The van der Waals surface area contributed by atoms with E-state index < -0.39 is 0 Å². The zero-order valence-electron chi connectivity index (χ0n) is 10.5. The zero-order valence-corrected chi connectivity index (χ0v) is 11.3. The number of anilines is 1. The quantitative estimate of drug-likeness (QED) is 0.781. The lowest BCUT2D eigenvalue weighted by Gasteiger charge is -2.19. The molecule has 5 heteroatoms. The molecule has 1 aliphatic rings. The normalized spacial score (nSPS) is 21.9. The highest BCUT2D eigenvalue weighted by atomic mass is 35.5. The molecule has 0 aromatic carbocycles. The second-order valence-electron chi connectivity index (χ2n) is 5.03. The minimum Gasteiger partial charge on any atom is -0.407 e. The van der Waals surface area contributed by atoms with E-state index in [1.54, 1.807) is 0 Å². The van der Waals surface area contributed by atoms with Crippen molar-refractivity contribution in [2.24, 2.45) is 11.8 Å². The second kappa shape index (κ2) is 5.71. The van der Waals surface area contributed by atoms with E-state index in [2.05, 4.69) is 28.9 Å². The molecule has 0 bridgehead atoms. The van der Waals surface area contributed by atoms with Crippen molar-refractivity contribution in [3.8, 4) is 0 Å². The summed E-state index contributed by atoms with van der Waals surface area (Å²) < 4.78 is 5.50. The van der Waals surface area contributed by atoms with E-state index in [-0.39, 0.29) is 5.88 Å².